The molecule has 2 amide bonds. The Morgan fingerprint density at radius 1 is 1.15 bits per heavy atom. The molecule has 0 bridgehead atoms. The van der Waals surface area contributed by atoms with Crippen molar-refractivity contribution in [2.24, 2.45) is 0 Å². The SMILES string of the molecule is COc1cnc(Cl)cc1-c1cc(C)ncc1C(=O)Nc1nc2c(s1)CN(C(=O)c1cnn(CC(F)(F)F)c1)C2. The molecule has 0 unspecified atom stereocenters. The fourth-order valence-electron chi connectivity index (χ4n) is 4.08. The number of thiazole rings is 1. The average Bonchev–Trinajstić information content (AvgIpc) is 3.58. The number of halogens is 4. The molecule has 0 spiro atoms. The first kappa shape index (κ1) is 26.6. The van der Waals surface area contributed by atoms with E-state index in [-0.39, 0.29) is 29.4 Å². The number of nitrogens with one attached hydrogen (secondary N) is 1. The molecule has 0 aliphatic carbocycles. The standard InChI is InChI=1S/C24H19ClF3N7O3S/c1-12-3-14(15-4-20(25)30-7-18(15)38-2)16(6-29-12)21(36)33-23-32-17-9-34(10-19(17)39-23)22(37)13-5-31-35(8-13)11-24(26,27)28/h3-8H,9-11H2,1-2H3,(H,32,33,36). The number of hydrogen-bond acceptors (Lipinski definition) is 8. The molecule has 0 radical (unpaired) electrons. The minimum atomic E-state index is -4.44. The molecule has 39 heavy (non-hydrogen) atoms. The molecular weight excluding hydrogens is 559 g/mol. The number of nitrogens with zero attached hydrogens (tertiary/aromatic N) is 6. The van der Waals surface area contributed by atoms with Gasteiger partial charge < -0.3 is 9.64 Å². The van der Waals surface area contributed by atoms with Crippen LogP contribution in [0.25, 0.3) is 11.1 Å². The Labute approximate surface area is 228 Å². The summed E-state index contributed by atoms with van der Waals surface area (Å²) in [5.41, 5.74) is 2.71. The van der Waals surface area contributed by atoms with E-state index in [1.165, 1.54) is 35.7 Å². The Morgan fingerprint density at radius 3 is 2.67 bits per heavy atom. The highest BCUT2D eigenvalue weighted by atomic mass is 35.5. The van der Waals surface area contributed by atoms with Crippen molar-refractivity contribution in [2.75, 3.05) is 12.4 Å². The molecule has 1 aliphatic heterocycles. The summed E-state index contributed by atoms with van der Waals surface area (Å²) in [6, 6.07) is 3.34. The van der Waals surface area contributed by atoms with Crippen LogP contribution in [0.3, 0.4) is 0 Å². The third kappa shape index (κ3) is 5.71. The molecule has 1 aliphatic rings. The minimum Gasteiger partial charge on any atom is -0.494 e. The van der Waals surface area contributed by atoms with Gasteiger partial charge in [-0.05, 0) is 19.1 Å². The Kier molecular flexibility index (Phi) is 6.99. The molecular formula is C24H19ClF3N7O3S. The van der Waals surface area contributed by atoms with E-state index >= 15 is 0 Å². The summed E-state index contributed by atoms with van der Waals surface area (Å²) in [5.74, 6) is -0.481. The van der Waals surface area contributed by atoms with Crippen molar-refractivity contribution < 1.29 is 27.5 Å². The maximum absolute atomic E-state index is 13.3. The first-order valence-corrected chi connectivity index (χ1v) is 12.5. The van der Waals surface area contributed by atoms with Gasteiger partial charge in [-0.3, -0.25) is 24.6 Å². The van der Waals surface area contributed by atoms with Gasteiger partial charge in [0.2, 0.25) is 0 Å². The predicted molar refractivity (Wildman–Crippen MR) is 136 cm³/mol. The molecule has 15 heteroatoms. The average molecular weight is 578 g/mol. The topological polar surface area (TPSA) is 115 Å². The summed E-state index contributed by atoms with van der Waals surface area (Å²) in [6.07, 6.45) is 0.655. The molecule has 0 saturated carbocycles. The number of aromatic nitrogens is 5. The van der Waals surface area contributed by atoms with Crippen molar-refractivity contribution in [3.05, 3.63) is 69.5 Å². The number of anilines is 1. The van der Waals surface area contributed by atoms with Gasteiger partial charge in [-0.1, -0.05) is 22.9 Å². The van der Waals surface area contributed by atoms with E-state index in [1.54, 1.807) is 19.1 Å². The summed E-state index contributed by atoms with van der Waals surface area (Å²) in [4.78, 5) is 41.0. The van der Waals surface area contributed by atoms with Gasteiger partial charge in [0.25, 0.3) is 11.8 Å². The third-order valence-electron chi connectivity index (χ3n) is 5.81. The molecule has 5 heterocycles. The van der Waals surface area contributed by atoms with E-state index in [4.69, 9.17) is 16.3 Å². The van der Waals surface area contributed by atoms with Gasteiger partial charge in [0.1, 0.15) is 17.4 Å². The van der Waals surface area contributed by atoms with Crippen LogP contribution in [0.4, 0.5) is 18.3 Å². The molecule has 0 aromatic carbocycles. The van der Waals surface area contributed by atoms with Crippen LogP contribution >= 0.6 is 22.9 Å². The van der Waals surface area contributed by atoms with Crippen molar-refractivity contribution in [1.29, 1.82) is 0 Å². The summed E-state index contributed by atoms with van der Waals surface area (Å²) >= 11 is 7.31. The Hall–Kier alpha value is -4.04. The summed E-state index contributed by atoms with van der Waals surface area (Å²) in [6.45, 7) is 0.864. The number of pyridine rings is 2. The zero-order chi connectivity index (χ0) is 27.9. The fraction of sp³-hybridized carbons (Fsp3) is 0.250. The van der Waals surface area contributed by atoms with Gasteiger partial charge in [0, 0.05) is 29.2 Å². The van der Waals surface area contributed by atoms with Crippen LogP contribution in [-0.2, 0) is 19.6 Å². The highest BCUT2D eigenvalue weighted by Crippen LogP contribution is 2.35. The number of amides is 2. The number of fused-ring (bicyclic) bond motifs is 1. The maximum Gasteiger partial charge on any atom is 0.408 e. The second kappa shape index (κ2) is 10.3. The molecule has 0 fully saturated rings. The van der Waals surface area contributed by atoms with Crippen LogP contribution in [0.1, 0.15) is 37.0 Å². The van der Waals surface area contributed by atoms with Crippen LogP contribution in [-0.4, -0.2) is 54.7 Å². The highest BCUT2D eigenvalue weighted by molar-refractivity contribution is 7.16. The van der Waals surface area contributed by atoms with E-state index in [0.717, 1.165) is 17.3 Å². The summed E-state index contributed by atoms with van der Waals surface area (Å²) in [5, 5.41) is 6.97. The third-order valence-corrected chi connectivity index (χ3v) is 7.02. The molecule has 10 nitrogen and oxygen atoms in total. The number of aryl methyl sites for hydroxylation is 1. The molecule has 4 aromatic rings. The van der Waals surface area contributed by atoms with Gasteiger partial charge >= 0.3 is 6.18 Å². The lowest BCUT2D eigenvalue weighted by Gasteiger charge is -2.14. The molecule has 5 rings (SSSR count). The van der Waals surface area contributed by atoms with Crippen molar-refractivity contribution in [2.45, 2.75) is 32.7 Å². The second-order valence-electron chi connectivity index (χ2n) is 8.62. The van der Waals surface area contributed by atoms with E-state index < -0.39 is 24.5 Å². The first-order valence-electron chi connectivity index (χ1n) is 11.4. The number of methoxy groups -OCH3 is 1. The molecule has 1 N–H and O–H groups in total. The van der Waals surface area contributed by atoms with Crippen molar-refractivity contribution >= 4 is 39.9 Å². The lowest BCUT2D eigenvalue weighted by Crippen LogP contribution is -2.25. The van der Waals surface area contributed by atoms with Crippen LogP contribution in [0.5, 0.6) is 5.75 Å². The number of carbonyl (C=O) groups excluding carboxylic acids is 2. The van der Waals surface area contributed by atoms with Gasteiger partial charge in [0.15, 0.2) is 5.13 Å². The van der Waals surface area contributed by atoms with Crippen LogP contribution < -0.4 is 10.1 Å². The van der Waals surface area contributed by atoms with Crippen molar-refractivity contribution in [1.82, 2.24) is 29.6 Å². The molecule has 4 aromatic heterocycles. The first-order chi connectivity index (χ1) is 18.5. The lowest BCUT2D eigenvalue weighted by atomic mass is 10.0. The van der Waals surface area contributed by atoms with Crippen molar-refractivity contribution in [3.8, 4) is 16.9 Å². The predicted octanol–water partition coefficient (Wildman–Crippen LogP) is 4.74. The monoisotopic (exact) mass is 577 g/mol. The van der Waals surface area contributed by atoms with Crippen molar-refractivity contribution in [3.63, 3.8) is 0 Å². The van der Waals surface area contributed by atoms with E-state index in [1.807, 2.05) is 0 Å². The van der Waals surface area contributed by atoms with Gasteiger partial charge in [-0.2, -0.15) is 18.3 Å². The zero-order valence-corrected chi connectivity index (χ0v) is 22.0. The Bertz CT molecular complexity index is 1560. The van der Waals surface area contributed by atoms with E-state index in [2.05, 4.69) is 25.4 Å². The van der Waals surface area contributed by atoms with E-state index in [0.29, 0.717) is 38.1 Å². The number of carbonyl (C=O) groups is 2. The quantitative estimate of drug-likeness (QED) is 0.329. The molecule has 0 saturated heterocycles. The number of ether oxygens (including phenoxy) is 1. The zero-order valence-electron chi connectivity index (χ0n) is 20.4. The maximum atomic E-state index is 13.3. The van der Waals surface area contributed by atoms with Gasteiger partial charge in [-0.15, -0.1) is 0 Å². The highest BCUT2D eigenvalue weighted by Gasteiger charge is 2.31. The normalized spacial score (nSPS) is 12.9. The Morgan fingerprint density at radius 2 is 1.95 bits per heavy atom. The Balaban J connectivity index is 1.31. The largest absolute Gasteiger partial charge is 0.494 e. The minimum absolute atomic E-state index is 0.0500. The fourth-order valence-corrected chi connectivity index (χ4v) is 5.22. The van der Waals surface area contributed by atoms with E-state index in [9.17, 15) is 22.8 Å². The summed E-state index contributed by atoms with van der Waals surface area (Å²) < 4.78 is 43.9. The van der Waals surface area contributed by atoms with Crippen LogP contribution in [0.2, 0.25) is 5.15 Å². The van der Waals surface area contributed by atoms with Crippen LogP contribution in [0.15, 0.2) is 36.9 Å². The number of rotatable bonds is 6. The summed E-state index contributed by atoms with van der Waals surface area (Å²) in [7, 11) is 1.49. The van der Waals surface area contributed by atoms with Gasteiger partial charge in [0.05, 0.1) is 54.3 Å². The van der Waals surface area contributed by atoms with Gasteiger partial charge in [-0.25, -0.2) is 9.97 Å². The number of alkyl halides is 3. The van der Waals surface area contributed by atoms with Crippen LogP contribution in [0, 0.1) is 6.92 Å². The lowest BCUT2D eigenvalue weighted by molar-refractivity contribution is -0.142. The molecule has 202 valence electrons. The second-order valence-corrected chi connectivity index (χ2v) is 10.1. The number of hydrogen-bond donors (Lipinski definition) is 1. The smallest absolute Gasteiger partial charge is 0.408 e. The molecule has 0 atom stereocenters.